The summed E-state index contributed by atoms with van der Waals surface area (Å²) in [6.45, 7) is 2.02. The van der Waals surface area contributed by atoms with Crippen LogP contribution < -0.4 is 0 Å². The molecule has 0 radical (unpaired) electrons. The second-order valence-corrected chi connectivity index (χ2v) is 5.03. The zero-order valence-corrected chi connectivity index (χ0v) is 9.27. The Morgan fingerprint density at radius 1 is 1.64 bits per heavy atom. The van der Waals surface area contributed by atoms with Gasteiger partial charge in [-0.1, -0.05) is 0 Å². The zero-order valence-electron chi connectivity index (χ0n) is 8.45. The minimum absolute atomic E-state index is 0.439. The van der Waals surface area contributed by atoms with Crippen LogP contribution in [0, 0.1) is 12.8 Å². The number of rotatable bonds is 2. The minimum Gasteiger partial charge on any atom is -0.300 e. The van der Waals surface area contributed by atoms with Gasteiger partial charge < -0.3 is 0 Å². The van der Waals surface area contributed by atoms with Crippen molar-refractivity contribution in [3.05, 3.63) is 16.1 Å². The molecule has 0 aliphatic heterocycles. The molecule has 14 heavy (non-hydrogen) atoms. The molecule has 0 saturated heterocycles. The SMILES string of the molecule is Cc1csc(CC2CCCC(=O)C2)n1. The predicted octanol–water partition coefficient (Wildman–Crippen LogP) is 2.75. The van der Waals surface area contributed by atoms with Crippen LogP contribution in [0.2, 0.25) is 0 Å². The largest absolute Gasteiger partial charge is 0.300 e. The van der Waals surface area contributed by atoms with Crippen molar-refractivity contribution in [3.63, 3.8) is 0 Å². The first kappa shape index (κ1) is 9.84. The maximum atomic E-state index is 11.3. The number of aromatic nitrogens is 1. The molecule has 1 aliphatic rings. The molecule has 0 bridgehead atoms. The van der Waals surface area contributed by atoms with E-state index in [-0.39, 0.29) is 0 Å². The number of carbonyl (C=O) groups excluding carboxylic acids is 1. The summed E-state index contributed by atoms with van der Waals surface area (Å²) in [7, 11) is 0. The summed E-state index contributed by atoms with van der Waals surface area (Å²) < 4.78 is 0. The molecular weight excluding hydrogens is 194 g/mol. The zero-order chi connectivity index (χ0) is 9.97. The van der Waals surface area contributed by atoms with Gasteiger partial charge in [-0.05, 0) is 25.7 Å². The van der Waals surface area contributed by atoms with E-state index < -0.39 is 0 Å². The average molecular weight is 209 g/mol. The lowest BCUT2D eigenvalue weighted by molar-refractivity contribution is -0.121. The normalized spacial score (nSPS) is 22.6. The van der Waals surface area contributed by atoms with Crippen molar-refractivity contribution in [2.75, 3.05) is 0 Å². The van der Waals surface area contributed by atoms with E-state index in [0.29, 0.717) is 11.7 Å². The Balaban J connectivity index is 1.93. The molecule has 0 N–H and O–H groups in total. The van der Waals surface area contributed by atoms with Crippen molar-refractivity contribution in [1.29, 1.82) is 0 Å². The lowest BCUT2D eigenvalue weighted by Gasteiger charge is -2.19. The molecule has 3 heteroatoms. The highest BCUT2D eigenvalue weighted by atomic mass is 32.1. The third-order valence-corrected chi connectivity index (χ3v) is 3.70. The van der Waals surface area contributed by atoms with Crippen LogP contribution >= 0.6 is 11.3 Å². The van der Waals surface area contributed by atoms with Crippen molar-refractivity contribution in [2.45, 2.75) is 39.0 Å². The van der Waals surface area contributed by atoms with Crippen LogP contribution in [0.3, 0.4) is 0 Å². The van der Waals surface area contributed by atoms with Gasteiger partial charge >= 0.3 is 0 Å². The maximum absolute atomic E-state index is 11.3. The monoisotopic (exact) mass is 209 g/mol. The number of hydrogen-bond acceptors (Lipinski definition) is 3. The Bertz CT molecular complexity index is 332. The Morgan fingerprint density at radius 3 is 3.14 bits per heavy atom. The molecule has 1 aromatic heterocycles. The lowest BCUT2D eigenvalue weighted by atomic mass is 9.86. The van der Waals surface area contributed by atoms with E-state index in [4.69, 9.17) is 0 Å². The van der Waals surface area contributed by atoms with Crippen LogP contribution in [0.5, 0.6) is 0 Å². The first-order valence-electron chi connectivity index (χ1n) is 5.17. The number of carbonyl (C=O) groups is 1. The van der Waals surface area contributed by atoms with E-state index in [0.717, 1.165) is 31.4 Å². The van der Waals surface area contributed by atoms with Gasteiger partial charge in [-0.2, -0.15) is 0 Å². The van der Waals surface area contributed by atoms with Crippen molar-refractivity contribution >= 4 is 17.1 Å². The Labute approximate surface area is 88.4 Å². The Morgan fingerprint density at radius 2 is 2.50 bits per heavy atom. The summed E-state index contributed by atoms with van der Waals surface area (Å²) in [5, 5.41) is 3.28. The number of nitrogens with zero attached hydrogens (tertiary/aromatic N) is 1. The Kier molecular flexibility index (Phi) is 2.96. The van der Waals surface area contributed by atoms with E-state index in [1.165, 1.54) is 11.4 Å². The van der Waals surface area contributed by atoms with Crippen LogP contribution in [-0.2, 0) is 11.2 Å². The molecule has 1 saturated carbocycles. The van der Waals surface area contributed by atoms with Crippen LogP contribution in [0.15, 0.2) is 5.38 Å². The van der Waals surface area contributed by atoms with Gasteiger partial charge in [0.15, 0.2) is 0 Å². The van der Waals surface area contributed by atoms with Gasteiger partial charge in [0.1, 0.15) is 5.78 Å². The molecule has 0 aromatic carbocycles. The van der Waals surface area contributed by atoms with Gasteiger partial charge in [-0.3, -0.25) is 4.79 Å². The molecule has 1 heterocycles. The molecule has 2 rings (SSSR count). The number of hydrogen-bond donors (Lipinski definition) is 0. The smallest absolute Gasteiger partial charge is 0.133 e. The lowest BCUT2D eigenvalue weighted by Crippen LogP contribution is -2.16. The first-order chi connectivity index (χ1) is 6.74. The number of ketones is 1. The van der Waals surface area contributed by atoms with Crippen LogP contribution in [0.25, 0.3) is 0 Å². The fraction of sp³-hybridized carbons (Fsp3) is 0.636. The van der Waals surface area contributed by atoms with E-state index >= 15 is 0 Å². The quantitative estimate of drug-likeness (QED) is 0.749. The van der Waals surface area contributed by atoms with Crippen molar-refractivity contribution in [3.8, 4) is 0 Å². The highest BCUT2D eigenvalue weighted by Gasteiger charge is 2.20. The highest BCUT2D eigenvalue weighted by molar-refractivity contribution is 7.09. The van der Waals surface area contributed by atoms with Gasteiger partial charge in [-0.25, -0.2) is 4.98 Å². The molecule has 1 unspecified atom stereocenters. The molecule has 0 spiro atoms. The fourth-order valence-corrected chi connectivity index (χ4v) is 2.92. The van der Waals surface area contributed by atoms with Gasteiger partial charge in [0.25, 0.3) is 0 Å². The minimum atomic E-state index is 0.439. The second kappa shape index (κ2) is 4.22. The first-order valence-corrected chi connectivity index (χ1v) is 6.04. The highest BCUT2D eigenvalue weighted by Crippen LogP contribution is 2.25. The van der Waals surface area contributed by atoms with E-state index in [1.54, 1.807) is 11.3 Å². The molecule has 1 atom stereocenters. The fourth-order valence-electron chi connectivity index (χ4n) is 2.03. The number of Topliss-reactive ketones (excluding diaryl/α,β-unsaturated/α-hetero) is 1. The third kappa shape index (κ3) is 2.41. The van der Waals surface area contributed by atoms with E-state index in [2.05, 4.69) is 10.4 Å². The summed E-state index contributed by atoms with van der Waals surface area (Å²) in [5.74, 6) is 0.997. The van der Waals surface area contributed by atoms with Crippen LogP contribution in [0.4, 0.5) is 0 Å². The van der Waals surface area contributed by atoms with E-state index in [9.17, 15) is 4.79 Å². The van der Waals surface area contributed by atoms with Gasteiger partial charge in [0.05, 0.1) is 5.01 Å². The van der Waals surface area contributed by atoms with Crippen LogP contribution in [0.1, 0.15) is 36.4 Å². The molecular formula is C11H15NOS. The summed E-state index contributed by atoms with van der Waals surface area (Å²) >= 11 is 1.72. The van der Waals surface area contributed by atoms with Crippen LogP contribution in [-0.4, -0.2) is 10.8 Å². The van der Waals surface area contributed by atoms with Crippen molar-refractivity contribution in [2.24, 2.45) is 5.92 Å². The summed E-state index contributed by atoms with van der Waals surface area (Å²) in [6, 6.07) is 0. The maximum Gasteiger partial charge on any atom is 0.133 e. The third-order valence-electron chi connectivity index (χ3n) is 2.71. The van der Waals surface area contributed by atoms with E-state index in [1.807, 2.05) is 6.92 Å². The average Bonchev–Trinajstić information content (AvgIpc) is 2.51. The standard InChI is InChI=1S/C11H15NOS/c1-8-7-14-11(12-8)6-9-3-2-4-10(13)5-9/h7,9H,2-6H2,1H3. The topological polar surface area (TPSA) is 30.0 Å². The Hall–Kier alpha value is -0.700. The van der Waals surface area contributed by atoms with Gasteiger partial charge in [0, 0.05) is 30.3 Å². The summed E-state index contributed by atoms with van der Waals surface area (Å²) in [6.07, 6.45) is 4.86. The predicted molar refractivity (Wildman–Crippen MR) is 57.5 cm³/mol. The molecule has 0 amide bonds. The summed E-state index contributed by atoms with van der Waals surface area (Å²) in [5.41, 5.74) is 1.10. The van der Waals surface area contributed by atoms with Gasteiger partial charge in [-0.15, -0.1) is 11.3 Å². The van der Waals surface area contributed by atoms with Crippen molar-refractivity contribution < 1.29 is 4.79 Å². The second-order valence-electron chi connectivity index (χ2n) is 4.09. The number of thiazole rings is 1. The number of aryl methyl sites for hydroxylation is 1. The molecule has 76 valence electrons. The molecule has 1 fully saturated rings. The molecule has 1 aliphatic carbocycles. The van der Waals surface area contributed by atoms with Gasteiger partial charge in [0.2, 0.25) is 0 Å². The molecule has 1 aromatic rings. The summed E-state index contributed by atoms with van der Waals surface area (Å²) in [4.78, 5) is 15.7. The molecule has 2 nitrogen and oxygen atoms in total. The van der Waals surface area contributed by atoms with Crippen molar-refractivity contribution in [1.82, 2.24) is 4.98 Å².